The predicted octanol–water partition coefficient (Wildman–Crippen LogP) is -0.707. The Balaban J connectivity index is 0.00000338. The number of piperazine rings is 1. The zero-order chi connectivity index (χ0) is 18.1. The SMILES string of the molecule is CCOC(=O)N1CCN(CC(O)COC(CC)c2ccccc2)CC1.[Cl-]. The van der Waals surface area contributed by atoms with Gasteiger partial charge < -0.3 is 31.9 Å². The molecule has 1 N–H and O–H groups in total. The van der Waals surface area contributed by atoms with Crippen molar-refractivity contribution in [3.05, 3.63) is 35.9 Å². The molecule has 0 bridgehead atoms. The van der Waals surface area contributed by atoms with Gasteiger partial charge in [0, 0.05) is 32.7 Å². The van der Waals surface area contributed by atoms with Gasteiger partial charge in [0.25, 0.3) is 0 Å². The molecule has 7 heteroatoms. The highest BCUT2D eigenvalue weighted by molar-refractivity contribution is 5.67. The second kappa shape index (κ2) is 12.1. The van der Waals surface area contributed by atoms with Gasteiger partial charge in [0.15, 0.2) is 0 Å². The van der Waals surface area contributed by atoms with Crippen LogP contribution in [0.15, 0.2) is 30.3 Å². The summed E-state index contributed by atoms with van der Waals surface area (Å²) in [5, 5.41) is 10.3. The lowest BCUT2D eigenvalue weighted by Gasteiger charge is -2.35. The summed E-state index contributed by atoms with van der Waals surface area (Å²) in [5.41, 5.74) is 1.14. The van der Waals surface area contributed by atoms with Gasteiger partial charge in [-0.1, -0.05) is 37.3 Å². The molecule has 0 spiro atoms. The van der Waals surface area contributed by atoms with Crippen LogP contribution in [0.2, 0.25) is 0 Å². The van der Waals surface area contributed by atoms with E-state index in [2.05, 4.69) is 24.0 Å². The van der Waals surface area contributed by atoms with Crippen molar-refractivity contribution >= 4 is 6.09 Å². The smallest absolute Gasteiger partial charge is 0.409 e. The van der Waals surface area contributed by atoms with E-state index in [1.54, 1.807) is 4.90 Å². The number of carbonyl (C=O) groups is 1. The number of β-amino-alcohol motifs (C(OH)–C–C–N with tert-alkyl or cyclic N) is 1. The summed E-state index contributed by atoms with van der Waals surface area (Å²) in [6.45, 7) is 7.91. The zero-order valence-corrected chi connectivity index (χ0v) is 16.4. The summed E-state index contributed by atoms with van der Waals surface area (Å²) < 4.78 is 10.9. The molecule has 2 atom stereocenters. The van der Waals surface area contributed by atoms with Crippen LogP contribution in [-0.2, 0) is 9.47 Å². The van der Waals surface area contributed by atoms with Crippen LogP contribution in [-0.4, -0.2) is 73.0 Å². The van der Waals surface area contributed by atoms with Crippen LogP contribution in [0.3, 0.4) is 0 Å². The molecular weight excluding hydrogens is 356 g/mol. The van der Waals surface area contributed by atoms with Crippen molar-refractivity contribution < 1.29 is 31.8 Å². The summed E-state index contributed by atoms with van der Waals surface area (Å²) in [4.78, 5) is 15.6. The number of aliphatic hydroxyl groups excluding tert-OH is 1. The molecule has 1 heterocycles. The molecule has 1 fully saturated rings. The third-order valence-electron chi connectivity index (χ3n) is 4.40. The lowest BCUT2D eigenvalue weighted by Crippen LogP contribution is -3.00. The van der Waals surface area contributed by atoms with Gasteiger partial charge in [0.05, 0.1) is 25.4 Å². The number of halogens is 1. The Labute approximate surface area is 162 Å². The van der Waals surface area contributed by atoms with E-state index in [0.717, 1.165) is 25.1 Å². The minimum Gasteiger partial charge on any atom is -1.00 e. The molecule has 1 saturated heterocycles. The largest absolute Gasteiger partial charge is 1.00 e. The number of aliphatic hydroxyl groups is 1. The molecule has 1 amide bonds. The highest BCUT2D eigenvalue weighted by Gasteiger charge is 2.23. The maximum Gasteiger partial charge on any atom is 0.409 e. The summed E-state index contributed by atoms with van der Waals surface area (Å²) in [5.74, 6) is 0. The average Bonchev–Trinajstić information content (AvgIpc) is 2.64. The molecule has 0 radical (unpaired) electrons. The molecular formula is C19H30ClN2O4-. The number of hydrogen-bond donors (Lipinski definition) is 1. The molecule has 148 valence electrons. The monoisotopic (exact) mass is 385 g/mol. The van der Waals surface area contributed by atoms with E-state index in [1.807, 2.05) is 25.1 Å². The van der Waals surface area contributed by atoms with E-state index in [0.29, 0.717) is 32.8 Å². The first-order chi connectivity index (χ1) is 12.1. The number of rotatable bonds is 8. The fourth-order valence-electron chi connectivity index (χ4n) is 3.02. The van der Waals surface area contributed by atoms with Crippen LogP contribution in [0.1, 0.15) is 31.9 Å². The van der Waals surface area contributed by atoms with Crippen molar-refractivity contribution in [1.82, 2.24) is 9.80 Å². The Kier molecular flexibility index (Phi) is 10.6. The molecule has 2 unspecified atom stereocenters. The first-order valence-corrected chi connectivity index (χ1v) is 9.12. The predicted molar refractivity (Wildman–Crippen MR) is 96.5 cm³/mol. The molecule has 2 rings (SSSR count). The minimum absolute atomic E-state index is 0. The van der Waals surface area contributed by atoms with E-state index in [1.165, 1.54) is 0 Å². The van der Waals surface area contributed by atoms with E-state index in [4.69, 9.17) is 9.47 Å². The quantitative estimate of drug-likeness (QED) is 0.641. The normalized spacial score (nSPS) is 17.3. The molecule has 1 aromatic rings. The Hall–Kier alpha value is -1.34. The second-order valence-electron chi connectivity index (χ2n) is 6.28. The van der Waals surface area contributed by atoms with Gasteiger partial charge in [-0.05, 0) is 18.9 Å². The Morgan fingerprint density at radius 3 is 2.38 bits per heavy atom. The number of ether oxygens (including phenoxy) is 2. The fourth-order valence-corrected chi connectivity index (χ4v) is 3.02. The van der Waals surface area contributed by atoms with Gasteiger partial charge in [-0.25, -0.2) is 4.79 Å². The van der Waals surface area contributed by atoms with Crippen LogP contribution in [0, 0.1) is 0 Å². The van der Waals surface area contributed by atoms with E-state index in [9.17, 15) is 9.90 Å². The van der Waals surface area contributed by atoms with Gasteiger partial charge >= 0.3 is 6.09 Å². The zero-order valence-electron chi connectivity index (χ0n) is 15.6. The van der Waals surface area contributed by atoms with E-state index < -0.39 is 6.10 Å². The van der Waals surface area contributed by atoms with Gasteiger partial charge in [-0.2, -0.15) is 0 Å². The van der Waals surface area contributed by atoms with Crippen molar-refractivity contribution in [2.75, 3.05) is 45.9 Å². The van der Waals surface area contributed by atoms with Crippen LogP contribution in [0.25, 0.3) is 0 Å². The summed E-state index contributed by atoms with van der Waals surface area (Å²) in [6.07, 6.45) is 0.0951. The summed E-state index contributed by atoms with van der Waals surface area (Å²) in [7, 11) is 0. The number of benzene rings is 1. The molecule has 1 aliphatic rings. The molecule has 1 aliphatic heterocycles. The van der Waals surface area contributed by atoms with E-state index in [-0.39, 0.29) is 24.6 Å². The molecule has 0 aliphatic carbocycles. The fraction of sp³-hybridized carbons (Fsp3) is 0.632. The minimum atomic E-state index is -0.535. The van der Waals surface area contributed by atoms with Crippen LogP contribution in [0.4, 0.5) is 4.79 Å². The highest BCUT2D eigenvalue weighted by atomic mass is 35.5. The lowest BCUT2D eigenvalue weighted by molar-refractivity contribution is -0.0279. The Morgan fingerprint density at radius 2 is 1.81 bits per heavy atom. The number of nitrogens with zero attached hydrogens (tertiary/aromatic N) is 2. The van der Waals surface area contributed by atoms with E-state index >= 15 is 0 Å². The van der Waals surface area contributed by atoms with Gasteiger partial charge in [0.2, 0.25) is 0 Å². The number of amides is 1. The van der Waals surface area contributed by atoms with Gasteiger partial charge in [0.1, 0.15) is 0 Å². The van der Waals surface area contributed by atoms with Gasteiger partial charge in [-0.3, -0.25) is 4.90 Å². The van der Waals surface area contributed by atoms with Crippen LogP contribution < -0.4 is 12.4 Å². The molecule has 0 aromatic heterocycles. The van der Waals surface area contributed by atoms with Crippen molar-refractivity contribution in [3.63, 3.8) is 0 Å². The molecule has 6 nitrogen and oxygen atoms in total. The van der Waals surface area contributed by atoms with Crippen molar-refractivity contribution in [1.29, 1.82) is 0 Å². The first kappa shape index (κ1) is 22.7. The number of hydrogen-bond acceptors (Lipinski definition) is 5. The summed E-state index contributed by atoms with van der Waals surface area (Å²) >= 11 is 0. The van der Waals surface area contributed by atoms with Gasteiger partial charge in [-0.15, -0.1) is 0 Å². The van der Waals surface area contributed by atoms with Crippen molar-refractivity contribution in [2.24, 2.45) is 0 Å². The topological polar surface area (TPSA) is 62.2 Å². The molecule has 26 heavy (non-hydrogen) atoms. The van der Waals surface area contributed by atoms with Crippen LogP contribution >= 0.6 is 0 Å². The van der Waals surface area contributed by atoms with Crippen molar-refractivity contribution in [3.8, 4) is 0 Å². The first-order valence-electron chi connectivity index (χ1n) is 9.12. The maximum absolute atomic E-state index is 11.7. The number of carbonyl (C=O) groups excluding carboxylic acids is 1. The maximum atomic E-state index is 11.7. The Bertz CT molecular complexity index is 510. The third kappa shape index (κ3) is 7.11. The third-order valence-corrected chi connectivity index (χ3v) is 4.40. The Morgan fingerprint density at radius 1 is 1.15 bits per heavy atom. The lowest BCUT2D eigenvalue weighted by atomic mass is 10.1. The highest BCUT2D eigenvalue weighted by Crippen LogP contribution is 2.20. The average molecular weight is 386 g/mol. The molecule has 1 aromatic carbocycles. The summed E-state index contributed by atoms with van der Waals surface area (Å²) in [6, 6.07) is 10.1. The standard InChI is InChI=1S/C19H30N2O4.ClH/c1-3-18(16-8-6-5-7-9-16)25-15-17(22)14-20-10-12-21(13-11-20)19(23)24-4-2;/h5-9,17-18,22H,3-4,10-15H2,1-2H3;1H/p-1. The van der Waals surface area contributed by atoms with Crippen molar-refractivity contribution in [2.45, 2.75) is 32.5 Å². The molecule has 0 saturated carbocycles. The second-order valence-corrected chi connectivity index (χ2v) is 6.28. The van der Waals surface area contributed by atoms with Crippen LogP contribution in [0.5, 0.6) is 0 Å².